The van der Waals surface area contributed by atoms with Crippen LogP contribution in [0.5, 0.6) is 0 Å². The molecule has 1 heterocycles. The van der Waals surface area contributed by atoms with Crippen molar-refractivity contribution in [2.24, 2.45) is 0 Å². The summed E-state index contributed by atoms with van der Waals surface area (Å²) in [6.07, 6.45) is 2.56. The highest BCUT2D eigenvalue weighted by Gasteiger charge is 2.06. The summed E-state index contributed by atoms with van der Waals surface area (Å²) in [7, 11) is 0. The number of aromatic nitrogens is 2. The van der Waals surface area contributed by atoms with Crippen LogP contribution in [0.1, 0.15) is 24.6 Å². The molecular weight excluding hydrogens is 318 g/mol. The van der Waals surface area contributed by atoms with Crippen molar-refractivity contribution in [1.29, 1.82) is 0 Å². The predicted octanol–water partition coefficient (Wildman–Crippen LogP) is 2.80. The Labute approximate surface area is 127 Å². The maximum Gasteiger partial charge on any atom is 0.0646 e. The maximum absolute atomic E-state index is 9.22. The molecule has 2 rings (SSSR count). The maximum atomic E-state index is 9.22. The average Bonchev–Trinajstić information content (AvgIpc) is 2.77. The SMILES string of the molecule is Cc1nn(-c2ccc(Br)cc2)cc1CNCCC(C)O. The van der Waals surface area contributed by atoms with Gasteiger partial charge in [-0.2, -0.15) is 5.10 Å². The molecule has 108 valence electrons. The summed E-state index contributed by atoms with van der Waals surface area (Å²) >= 11 is 3.43. The van der Waals surface area contributed by atoms with Crippen LogP contribution in [0.15, 0.2) is 34.9 Å². The summed E-state index contributed by atoms with van der Waals surface area (Å²) in [5.74, 6) is 0. The van der Waals surface area contributed by atoms with Crippen molar-refractivity contribution in [3.05, 3.63) is 46.2 Å². The van der Waals surface area contributed by atoms with Crippen molar-refractivity contribution in [2.45, 2.75) is 32.9 Å². The molecule has 1 unspecified atom stereocenters. The Morgan fingerprint density at radius 1 is 1.35 bits per heavy atom. The number of hydrogen-bond acceptors (Lipinski definition) is 3. The van der Waals surface area contributed by atoms with Crippen LogP contribution in [0.2, 0.25) is 0 Å². The van der Waals surface area contributed by atoms with Gasteiger partial charge in [-0.15, -0.1) is 0 Å². The van der Waals surface area contributed by atoms with E-state index >= 15 is 0 Å². The van der Waals surface area contributed by atoms with Gasteiger partial charge in [0.1, 0.15) is 0 Å². The van der Waals surface area contributed by atoms with Crippen LogP contribution in [-0.2, 0) is 6.54 Å². The summed E-state index contributed by atoms with van der Waals surface area (Å²) in [5, 5.41) is 17.1. The van der Waals surface area contributed by atoms with Gasteiger partial charge in [-0.1, -0.05) is 15.9 Å². The van der Waals surface area contributed by atoms with Gasteiger partial charge in [0.05, 0.1) is 17.5 Å². The number of aliphatic hydroxyl groups is 1. The first-order valence-corrected chi connectivity index (χ1v) is 7.55. The Morgan fingerprint density at radius 2 is 2.05 bits per heavy atom. The average molecular weight is 338 g/mol. The zero-order valence-corrected chi connectivity index (χ0v) is 13.4. The van der Waals surface area contributed by atoms with Crippen LogP contribution >= 0.6 is 15.9 Å². The molecule has 5 heteroatoms. The second kappa shape index (κ2) is 7.02. The molecule has 0 fully saturated rings. The molecule has 0 aliphatic carbocycles. The normalized spacial score (nSPS) is 12.6. The predicted molar refractivity (Wildman–Crippen MR) is 84.0 cm³/mol. The molecule has 0 amide bonds. The lowest BCUT2D eigenvalue weighted by atomic mass is 10.2. The molecule has 2 N–H and O–H groups in total. The minimum absolute atomic E-state index is 0.255. The lowest BCUT2D eigenvalue weighted by molar-refractivity contribution is 0.183. The molecule has 0 bridgehead atoms. The van der Waals surface area contributed by atoms with Crippen LogP contribution in [0.25, 0.3) is 5.69 Å². The fourth-order valence-electron chi connectivity index (χ4n) is 1.93. The summed E-state index contributed by atoms with van der Waals surface area (Å²) < 4.78 is 2.96. The molecule has 0 spiro atoms. The van der Waals surface area contributed by atoms with E-state index in [0.717, 1.165) is 35.4 Å². The van der Waals surface area contributed by atoms with Crippen LogP contribution in [0.3, 0.4) is 0 Å². The number of aliphatic hydroxyl groups excluding tert-OH is 1. The van der Waals surface area contributed by atoms with E-state index in [-0.39, 0.29) is 6.10 Å². The van der Waals surface area contributed by atoms with Gasteiger partial charge in [0.2, 0.25) is 0 Å². The number of nitrogens with zero attached hydrogens (tertiary/aromatic N) is 2. The highest BCUT2D eigenvalue weighted by molar-refractivity contribution is 9.10. The fraction of sp³-hybridized carbons (Fsp3) is 0.400. The molecule has 4 nitrogen and oxygen atoms in total. The summed E-state index contributed by atoms with van der Waals surface area (Å²) in [6.45, 7) is 5.40. The Hall–Kier alpha value is -1.17. The van der Waals surface area contributed by atoms with Gasteiger partial charge in [0.25, 0.3) is 0 Å². The smallest absolute Gasteiger partial charge is 0.0646 e. The van der Waals surface area contributed by atoms with E-state index in [9.17, 15) is 5.11 Å². The standard InChI is InChI=1S/C15H20BrN3O/c1-11(20)7-8-17-9-13-10-19(18-12(13)2)15-5-3-14(16)4-6-15/h3-6,10-11,17,20H,7-9H2,1-2H3. The molecule has 2 aromatic rings. The molecule has 20 heavy (non-hydrogen) atoms. The Bertz CT molecular complexity index is 549. The number of halogens is 1. The third-order valence-electron chi connectivity index (χ3n) is 3.15. The van der Waals surface area contributed by atoms with Gasteiger partial charge in [-0.05, 0) is 51.1 Å². The molecule has 0 saturated heterocycles. The van der Waals surface area contributed by atoms with Gasteiger partial charge in [-0.25, -0.2) is 4.68 Å². The van der Waals surface area contributed by atoms with Gasteiger partial charge in [0.15, 0.2) is 0 Å². The number of hydrogen-bond donors (Lipinski definition) is 2. The molecule has 1 aromatic heterocycles. The largest absolute Gasteiger partial charge is 0.393 e. The first-order chi connectivity index (χ1) is 9.56. The van der Waals surface area contributed by atoms with E-state index in [1.807, 2.05) is 42.1 Å². The molecule has 0 aliphatic heterocycles. The van der Waals surface area contributed by atoms with Crippen LogP contribution in [0.4, 0.5) is 0 Å². The second-order valence-corrected chi connectivity index (χ2v) is 5.89. The highest BCUT2D eigenvalue weighted by atomic mass is 79.9. The Kier molecular flexibility index (Phi) is 5.34. The van der Waals surface area contributed by atoms with E-state index in [4.69, 9.17) is 0 Å². The van der Waals surface area contributed by atoms with E-state index in [1.165, 1.54) is 5.56 Å². The number of rotatable bonds is 6. The number of nitrogens with one attached hydrogen (secondary N) is 1. The summed E-state index contributed by atoms with van der Waals surface area (Å²) in [4.78, 5) is 0. The first-order valence-electron chi connectivity index (χ1n) is 6.76. The zero-order chi connectivity index (χ0) is 14.5. The topological polar surface area (TPSA) is 50.1 Å². The third kappa shape index (κ3) is 4.16. The monoisotopic (exact) mass is 337 g/mol. The van der Waals surface area contributed by atoms with E-state index in [2.05, 4.69) is 26.3 Å². The van der Waals surface area contributed by atoms with Gasteiger partial charge in [-0.3, -0.25) is 0 Å². The minimum Gasteiger partial charge on any atom is -0.393 e. The zero-order valence-electron chi connectivity index (χ0n) is 11.8. The second-order valence-electron chi connectivity index (χ2n) is 4.98. The molecule has 0 saturated carbocycles. The molecule has 1 atom stereocenters. The Balaban J connectivity index is 2.00. The fourth-order valence-corrected chi connectivity index (χ4v) is 2.19. The quantitative estimate of drug-likeness (QED) is 0.797. The van der Waals surface area contributed by atoms with Crippen LogP contribution < -0.4 is 5.32 Å². The molecule has 0 aliphatic rings. The number of aryl methyl sites for hydroxylation is 1. The minimum atomic E-state index is -0.255. The van der Waals surface area contributed by atoms with Crippen LogP contribution in [-0.4, -0.2) is 27.5 Å². The van der Waals surface area contributed by atoms with Crippen molar-refractivity contribution in [2.75, 3.05) is 6.54 Å². The highest BCUT2D eigenvalue weighted by Crippen LogP contribution is 2.15. The van der Waals surface area contributed by atoms with Crippen LogP contribution in [0, 0.1) is 6.92 Å². The van der Waals surface area contributed by atoms with Gasteiger partial charge < -0.3 is 10.4 Å². The van der Waals surface area contributed by atoms with Crippen molar-refractivity contribution < 1.29 is 5.11 Å². The van der Waals surface area contributed by atoms with Crippen molar-refractivity contribution in [3.8, 4) is 5.69 Å². The lowest BCUT2D eigenvalue weighted by Gasteiger charge is -2.05. The van der Waals surface area contributed by atoms with Crippen molar-refractivity contribution in [1.82, 2.24) is 15.1 Å². The van der Waals surface area contributed by atoms with E-state index < -0.39 is 0 Å². The van der Waals surface area contributed by atoms with E-state index in [0.29, 0.717) is 0 Å². The van der Waals surface area contributed by atoms with Gasteiger partial charge >= 0.3 is 0 Å². The van der Waals surface area contributed by atoms with E-state index in [1.54, 1.807) is 6.92 Å². The lowest BCUT2D eigenvalue weighted by Crippen LogP contribution is -2.18. The molecular formula is C15H20BrN3O. The number of benzene rings is 1. The third-order valence-corrected chi connectivity index (χ3v) is 3.67. The molecule has 0 radical (unpaired) electrons. The van der Waals surface area contributed by atoms with Gasteiger partial charge in [0, 0.05) is 22.8 Å². The summed E-state index contributed by atoms with van der Waals surface area (Å²) in [5.41, 5.74) is 3.25. The van der Waals surface area contributed by atoms with Crippen molar-refractivity contribution >= 4 is 15.9 Å². The first kappa shape index (κ1) is 15.2. The van der Waals surface area contributed by atoms with Crippen molar-refractivity contribution in [3.63, 3.8) is 0 Å². The summed E-state index contributed by atoms with van der Waals surface area (Å²) in [6, 6.07) is 8.07. The Morgan fingerprint density at radius 3 is 2.70 bits per heavy atom. The molecule has 1 aromatic carbocycles.